The van der Waals surface area contributed by atoms with E-state index in [1.165, 1.54) is 6.07 Å². The molecule has 0 radical (unpaired) electrons. The van der Waals surface area contributed by atoms with E-state index in [1.54, 1.807) is 10.6 Å². The summed E-state index contributed by atoms with van der Waals surface area (Å²) in [4.78, 5) is 4.27. The number of aryl methyl sites for hydroxylation is 1. The average molecular weight is 399 g/mol. The Bertz CT molecular complexity index is 827. The SMILES string of the molecule is Cc1ccc(-n2c(N)nc3cc(Br)c(F)cc32)cc1Br. The summed E-state index contributed by atoms with van der Waals surface area (Å²) in [5.41, 5.74) is 9.21. The molecule has 0 aliphatic heterocycles. The number of fused-ring (bicyclic) bond motifs is 1. The molecule has 2 N–H and O–H groups in total. The van der Waals surface area contributed by atoms with Crippen LogP contribution in [0.1, 0.15) is 5.56 Å². The van der Waals surface area contributed by atoms with E-state index < -0.39 is 0 Å². The molecule has 102 valence electrons. The molecule has 0 unspecified atom stereocenters. The first-order chi connectivity index (χ1) is 9.47. The van der Waals surface area contributed by atoms with Gasteiger partial charge in [0.05, 0.1) is 21.2 Å². The zero-order chi connectivity index (χ0) is 14.4. The fraction of sp³-hybridized carbons (Fsp3) is 0.0714. The highest BCUT2D eigenvalue weighted by Gasteiger charge is 2.13. The van der Waals surface area contributed by atoms with Crippen LogP contribution in [0.25, 0.3) is 16.7 Å². The van der Waals surface area contributed by atoms with Gasteiger partial charge in [-0.15, -0.1) is 0 Å². The molecule has 0 saturated carbocycles. The Morgan fingerprint density at radius 1 is 1.15 bits per heavy atom. The van der Waals surface area contributed by atoms with Gasteiger partial charge in [-0.05, 0) is 46.6 Å². The van der Waals surface area contributed by atoms with Crippen LogP contribution in [0.4, 0.5) is 10.3 Å². The fourth-order valence-electron chi connectivity index (χ4n) is 2.08. The Balaban J connectivity index is 2.32. The molecule has 20 heavy (non-hydrogen) atoms. The molecule has 3 aromatic rings. The number of imidazole rings is 1. The molecule has 0 saturated heterocycles. The van der Waals surface area contributed by atoms with Crippen molar-refractivity contribution in [2.75, 3.05) is 5.73 Å². The summed E-state index contributed by atoms with van der Waals surface area (Å²) in [5.74, 6) is -0.0157. The van der Waals surface area contributed by atoms with Crippen LogP contribution in [0, 0.1) is 12.7 Å². The summed E-state index contributed by atoms with van der Waals surface area (Å²) in [5, 5.41) is 0. The lowest BCUT2D eigenvalue weighted by atomic mass is 10.2. The number of nitrogen functional groups attached to an aromatic ring is 1. The molecular formula is C14H10Br2FN3. The third-order valence-electron chi connectivity index (χ3n) is 3.14. The van der Waals surface area contributed by atoms with Gasteiger partial charge in [0.15, 0.2) is 0 Å². The first-order valence-corrected chi connectivity index (χ1v) is 7.45. The van der Waals surface area contributed by atoms with Crippen LogP contribution in [0.3, 0.4) is 0 Å². The van der Waals surface area contributed by atoms with Crippen molar-refractivity contribution >= 4 is 48.8 Å². The van der Waals surface area contributed by atoms with Crippen molar-refractivity contribution in [3.05, 3.63) is 50.7 Å². The Kier molecular flexibility index (Phi) is 3.30. The van der Waals surface area contributed by atoms with Gasteiger partial charge in [0.2, 0.25) is 5.95 Å². The van der Waals surface area contributed by atoms with Crippen molar-refractivity contribution in [1.82, 2.24) is 9.55 Å². The lowest BCUT2D eigenvalue weighted by Crippen LogP contribution is -2.01. The Morgan fingerprint density at radius 2 is 1.90 bits per heavy atom. The van der Waals surface area contributed by atoms with Crippen molar-refractivity contribution in [2.24, 2.45) is 0 Å². The summed E-state index contributed by atoms with van der Waals surface area (Å²) in [6.45, 7) is 2.00. The maximum atomic E-state index is 13.8. The highest BCUT2D eigenvalue weighted by molar-refractivity contribution is 9.10. The molecule has 0 bridgehead atoms. The summed E-state index contributed by atoms with van der Waals surface area (Å²) in [7, 11) is 0. The second-order valence-electron chi connectivity index (χ2n) is 4.49. The van der Waals surface area contributed by atoms with Crippen LogP contribution in [-0.4, -0.2) is 9.55 Å². The number of anilines is 1. The molecule has 0 atom stereocenters. The highest BCUT2D eigenvalue weighted by atomic mass is 79.9. The molecule has 1 aromatic heterocycles. The minimum Gasteiger partial charge on any atom is -0.369 e. The molecule has 3 rings (SSSR count). The Hall–Kier alpha value is -1.40. The van der Waals surface area contributed by atoms with Gasteiger partial charge in [0.1, 0.15) is 5.82 Å². The van der Waals surface area contributed by atoms with E-state index >= 15 is 0 Å². The monoisotopic (exact) mass is 397 g/mol. The molecule has 3 nitrogen and oxygen atoms in total. The maximum Gasteiger partial charge on any atom is 0.205 e. The number of hydrogen-bond acceptors (Lipinski definition) is 2. The molecule has 0 fully saturated rings. The third-order valence-corrected chi connectivity index (χ3v) is 4.60. The van der Waals surface area contributed by atoms with E-state index in [2.05, 4.69) is 36.8 Å². The molecular weight excluding hydrogens is 389 g/mol. The van der Waals surface area contributed by atoms with Crippen molar-refractivity contribution in [1.29, 1.82) is 0 Å². The second-order valence-corrected chi connectivity index (χ2v) is 6.20. The lowest BCUT2D eigenvalue weighted by molar-refractivity contribution is 0.622. The van der Waals surface area contributed by atoms with Crippen molar-refractivity contribution in [3.63, 3.8) is 0 Å². The predicted octanol–water partition coefficient (Wildman–Crippen LogP) is 4.58. The largest absolute Gasteiger partial charge is 0.369 e. The minimum absolute atomic E-state index is 0.327. The minimum atomic E-state index is -0.343. The van der Waals surface area contributed by atoms with E-state index in [0.29, 0.717) is 21.5 Å². The predicted molar refractivity (Wildman–Crippen MR) is 85.6 cm³/mol. The zero-order valence-corrected chi connectivity index (χ0v) is 13.7. The van der Waals surface area contributed by atoms with Crippen molar-refractivity contribution < 1.29 is 4.39 Å². The van der Waals surface area contributed by atoms with Crippen LogP contribution in [-0.2, 0) is 0 Å². The van der Waals surface area contributed by atoms with Crippen molar-refractivity contribution in [2.45, 2.75) is 6.92 Å². The topological polar surface area (TPSA) is 43.8 Å². The molecule has 0 aliphatic rings. The lowest BCUT2D eigenvalue weighted by Gasteiger charge is -2.08. The smallest absolute Gasteiger partial charge is 0.205 e. The number of halogens is 3. The molecule has 1 heterocycles. The number of rotatable bonds is 1. The number of aromatic nitrogens is 2. The number of nitrogens with two attached hydrogens (primary N) is 1. The van der Waals surface area contributed by atoms with Crippen LogP contribution < -0.4 is 5.73 Å². The molecule has 0 amide bonds. The first kappa shape index (κ1) is 13.6. The van der Waals surface area contributed by atoms with Crippen LogP contribution >= 0.6 is 31.9 Å². The molecule has 0 aliphatic carbocycles. The normalized spacial score (nSPS) is 11.2. The third kappa shape index (κ3) is 2.13. The Labute approximate surface area is 131 Å². The van der Waals surface area contributed by atoms with Crippen molar-refractivity contribution in [3.8, 4) is 5.69 Å². The summed E-state index contributed by atoms with van der Waals surface area (Å²) in [6, 6.07) is 8.89. The summed E-state index contributed by atoms with van der Waals surface area (Å²) in [6.07, 6.45) is 0. The summed E-state index contributed by atoms with van der Waals surface area (Å²) >= 11 is 6.65. The highest BCUT2D eigenvalue weighted by Crippen LogP contribution is 2.29. The van der Waals surface area contributed by atoms with Gasteiger partial charge in [-0.3, -0.25) is 4.57 Å². The molecule has 6 heteroatoms. The quantitative estimate of drug-likeness (QED) is 0.651. The fourth-order valence-corrected chi connectivity index (χ4v) is 2.78. The van der Waals surface area contributed by atoms with Gasteiger partial charge < -0.3 is 5.73 Å². The van der Waals surface area contributed by atoms with E-state index in [1.807, 2.05) is 25.1 Å². The number of nitrogens with zero attached hydrogens (tertiary/aromatic N) is 2. The zero-order valence-electron chi connectivity index (χ0n) is 10.5. The van der Waals surface area contributed by atoms with Crippen LogP contribution in [0.15, 0.2) is 39.3 Å². The molecule has 2 aromatic carbocycles. The number of hydrogen-bond donors (Lipinski definition) is 1. The van der Waals surface area contributed by atoms with E-state index in [9.17, 15) is 4.39 Å². The van der Waals surface area contributed by atoms with Gasteiger partial charge in [-0.1, -0.05) is 22.0 Å². The summed E-state index contributed by atoms with van der Waals surface area (Å²) < 4.78 is 16.8. The average Bonchev–Trinajstić information content (AvgIpc) is 2.69. The number of benzene rings is 2. The van der Waals surface area contributed by atoms with Crippen LogP contribution in [0.5, 0.6) is 0 Å². The van der Waals surface area contributed by atoms with Gasteiger partial charge >= 0.3 is 0 Å². The van der Waals surface area contributed by atoms with Gasteiger partial charge in [-0.25, -0.2) is 9.37 Å². The first-order valence-electron chi connectivity index (χ1n) is 5.87. The van der Waals surface area contributed by atoms with Gasteiger partial charge in [-0.2, -0.15) is 0 Å². The van der Waals surface area contributed by atoms with Crippen LogP contribution in [0.2, 0.25) is 0 Å². The second kappa shape index (κ2) is 4.86. The van der Waals surface area contributed by atoms with Gasteiger partial charge in [0.25, 0.3) is 0 Å². The van der Waals surface area contributed by atoms with Gasteiger partial charge in [0, 0.05) is 10.5 Å². The Morgan fingerprint density at radius 3 is 2.60 bits per heavy atom. The maximum absolute atomic E-state index is 13.8. The van der Waals surface area contributed by atoms with E-state index in [-0.39, 0.29) is 5.82 Å². The molecule has 0 spiro atoms. The van der Waals surface area contributed by atoms with E-state index in [0.717, 1.165) is 15.7 Å². The standard InChI is InChI=1S/C14H10Br2FN3/c1-7-2-3-8(4-9(7)15)20-13-6-11(17)10(16)5-12(13)19-14(20)18/h2-6H,1H3,(H2,18,19). The van der Waals surface area contributed by atoms with E-state index in [4.69, 9.17) is 5.73 Å².